The minimum atomic E-state index is -0.447. The van der Waals surface area contributed by atoms with E-state index >= 15 is 0 Å². The van der Waals surface area contributed by atoms with Crippen molar-refractivity contribution in [2.24, 2.45) is 0 Å². The Bertz CT molecular complexity index is 783. The zero-order chi connectivity index (χ0) is 17.5. The van der Waals surface area contributed by atoms with Gasteiger partial charge in [0.25, 0.3) is 11.5 Å². The van der Waals surface area contributed by atoms with Crippen molar-refractivity contribution in [3.63, 3.8) is 0 Å². The molecule has 2 N–H and O–H groups in total. The van der Waals surface area contributed by atoms with Crippen LogP contribution in [-0.4, -0.2) is 34.5 Å². The Labute approximate surface area is 139 Å². The van der Waals surface area contributed by atoms with Gasteiger partial charge in [-0.1, -0.05) is 12.1 Å². The zero-order valence-corrected chi connectivity index (χ0v) is 13.8. The Morgan fingerprint density at radius 3 is 2.79 bits per heavy atom. The summed E-state index contributed by atoms with van der Waals surface area (Å²) in [6, 6.07) is 7.09. The van der Waals surface area contributed by atoms with Crippen LogP contribution in [-0.2, 0) is 20.7 Å². The molecule has 0 aliphatic rings. The quantitative estimate of drug-likeness (QED) is 0.745. The molecule has 1 amide bonds. The molecule has 7 heteroatoms. The van der Waals surface area contributed by atoms with E-state index in [2.05, 4.69) is 15.3 Å². The Morgan fingerprint density at radius 1 is 1.29 bits per heavy atom. The van der Waals surface area contributed by atoms with Crippen LogP contribution in [0.25, 0.3) is 10.9 Å². The number of hydrogen-bond donors (Lipinski definition) is 2. The van der Waals surface area contributed by atoms with Crippen LogP contribution < -0.4 is 10.9 Å². The van der Waals surface area contributed by atoms with Crippen molar-refractivity contribution in [1.82, 2.24) is 15.3 Å². The van der Waals surface area contributed by atoms with Gasteiger partial charge in [0.1, 0.15) is 5.82 Å². The van der Waals surface area contributed by atoms with Crippen LogP contribution >= 0.6 is 0 Å². The molecular formula is C17H21N3O4. The standard InChI is InChI=1S/C17H21N3O4/c1-11(2)18-15(21)10-24-16(22)9-5-8-14-19-13-7-4-3-6-12(13)17(23)20-14/h3-4,6-7,11H,5,8-10H2,1-2H3,(H,18,21)(H,19,20,23). The highest BCUT2D eigenvalue weighted by Gasteiger charge is 2.09. The fourth-order valence-corrected chi connectivity index (χ4v) is 2.24. The minimum absolute atomic E-state index is 0.00649. The van der Waals surface area contributed by atoms with Crippen LogP contribution in [0.5, 0.6) is 0 Å². The number of nitrogens with one attached hydrogen (secondary N) is 2. The maximum absolute atomic E-state index is 11.9. The summed E-state index contributed by atoms with van der Waals surface area (Å²) in [5.41, 5.74) is 0.438. The summed E-state index contributed by atoms with van der Waals surface area (Å²) >= 11 is 0. The average Bonchev–Trinajstić information content (AvgIpc) is 2.52. The van der Waals surface area contributed by atoms with E-state index in [1.807, 2.05) is 19.9 Å². The van der Waals surface area contributed by atoms with Crippen molar-refractivity contribution in [2.45, 2.75) is 39.2 Å². The van der Waals surface area contributed by atoms with Gasteiger partial charge in [0.2, 0.25) is 0 Å². The third-order valence-electron chi connectivity index (χ3n) is 3.27. The average molecular weight is 331 g/mol. The zero-order valence-electron chi connectivity index (χ0n) is 13.8. The van der Waals surface area contributed by atoms with Crippen LogP contribution in [0.3, 0.4) is 0 Å². The highest BCUT2D eigenvalue weighted by atomic mass is 16.5. The number of amides is 1. The predicted octanol–water partition coefficient (Wildman–Crippen LogP) is 1.31. The molecule has 0 saturated carbocycles. The second-order valence-corrected chi connectivity index (χ2v) is 5.77. The third kappa shape index (κ3) is 5.19. The van der Waals surface area contributed by atoms with Crippen molar-refractivity contribution in [3.05, 3.63) is 40.4 Å². The fourth-order valence-electron chi connectivity index (χ4n) is 2.24. The molecule has 0 aliphatic heterocycles. The summed E-state index contributed by atoms with van der Waals surface area (Å²) in [5, 5.41) is 3.18. The molecule has 7 nitrogen and oxygen atoms in total. The van der Waals surface area contributed by atoms with Crippen LogP contribution in [0, 0.1) is 0 Å². The highest BCUT2D eigenvalue weighted by Crippen LogP contribution is 2.07. The van der Waals surface area contributed by atoms with Crippen LogP contribution in [0.1, 0.15) is 32.5 Å². The molecule has 0 atom stereocenters. The van der Waals surface area contributed by atoms with Crippen molar-refractivity contribution in [2.75, 3.05) is 6.61 Å². The van der Waals surface area contributed by atoms with Crippen LogP contribution in [0.15, 0.2) is 29.1 Å². The number of carbonyl (C=O) groups is 2. The van der Waals surface area contributed by atoms with Gasteiger partial charge in [0.05, 0.1) is 10.9 Å². The molecule has 128 valence electrons. The molecule has 0 saturated heterocycles. The Morgan fingerprint density at radius 2 is 2.04 bits per heavy atom. The molecule has 0 radical (unpaired) electrons. The third-order valence-corrected chi connectivity index (χ3v) is 3.27. The van der Waals surface area contributed by atoms with E-state index < -0.39 is 5.97 Å². The second kappa shape index (κ2) is 8.24. The first-order valence-corrected chi connectivity index (χ1v) is 7.88. The lowest BCUT2D eigenvalue weighted by molar-refractivity contribution is -0.148. The number of aromatic nitrogens is 2. The summed E-state index contributed by atoms with van der Waals surface area (Å²) in [6.45, 7) is 3.39. The molecule has 2 aromatic rings. The summed E-state index contributed by atoms with van der Waals surface area (Å²) in [4.78, 5) is 42.0. The van der Waals surface area contributed by atoms with E-state index in [9.17, 15) is 14.4 Å². The smallest absolute Gasteiger partial charge is 0.306 e. The summed E-state index contributed by atoms with van der Waals surface area (Å²) < 4.78 is 4.89. The van der Waals surface area contributed by atoms with E-state index in [1.54, 1.807) is 18.2 Å². The van der Waals surface area contributed by atoms with Gasteiger partial charge < -0.3 is 15.0 Å². The topological polar surface area (TPSA) is 101 Å². The molecule has 2 rings (SSSR count). The molecule has 0 spiro atoms. The van der Waals surface area contributed by atoms with E-state index in [0.717, 1.165) is 0 Å². The number of nitrogens with zero attached hydrogens (tertiary/aromatic N) is 1. The van der Waals surface area contributed by atoms with Gasteiger partial charge in [0.15, 0.2) is 6.61 Å². The van der Waals surface area contributed by atoms with Gasteiger partial charge >= 0.3 is 5.97 Å². The molecule has 0 fully saturated rings. The Kier molecular flexibility index (Phi) is 6.06. The molecule has 1 aromatic carbocycles. The van der Waals surface area contributed by atoms with Crippen LogP contribution in [0.4, 0.5) is 0 Å². The monoisotopic (exact) mass is 331 g/mol. The van der Waals surface area contributed by atoms with E-state index in [0.29, 0.717) is 29.6 Å². The number of fused-ring (bicyclic) bond motifs is 1. The number of para-hydroxylation sites is 1. The molecule has 1 heterocycles. The lowest BCUT2D eigenvalue weighted by atomic mass is 10.2. The van der Waals surface area contributed by atoms with Gasteiger partial charge in [-0.15, -0.1) is 0 Å². The molecular weight excluding hydrogens is 310 g/mol. The maximum Gasteiger partial charge on any atom is 0.306 e. The van der Waals surface area contributed by atoms with E-state index in [4.69, 9.17) is 4.74 Å². The molecule has 0 aliphatic carbocycles. The molecule has 24 heavy (non-hydrogen) atoms. The number of ether oxygens (including phenoxy) is 1. The highest BCUT2D eigenvalue weighted by molar-refractivity contribution is 5.80. The van der Waals surface area contributed by atoms with Crippen molar-refractivity contribution < 1.29 is 14.3 Å². The number of H-pyrrole nitrogens is 1. The van der Waals surface area contributed by atoms with Crippen molar-refractivity contribution in [1.29, 1.82) is 0 Å². The molecule has 1 aromatic heterocycles. The van der Waals surface area contributed by atoms with E-state index in [1.165, 1.54) is 0 Å². The van der Waals surface area contributed by atoms with Crippen LogP contribution in [0.2, 0.25) is 0 Å². The minimum Gasteiger partial charge on any atom is -0.456 e. The SMILES string of the molecule is CC(C)NC(=O)COC(=O)CCCc1nc2ccccc2c(=O)[nH]1. The second-order valence-electron chi connectivity index (χ2n) is 5.77. The largest absolute Gasteiger partial charge is 0.456 e. The summed E-state index contributed by atoms with van der Waals surface area (Å²) in [5.74, 6) is -0.236. The number of aryl methyl sites for hydroxylation is 1. The number of aromatic amines is 1. The summed E-state index contributed by atoms with van der Waals surface area (Å²) in [7, 11) is 0. The first-order valence-electron chi connectivity index (χ1n) is 7.88. The number of esters is 1. The fraction of sp³-hybridized carbons (Fsp3) is 0.412. The van der Waals surface area contributed by atoms with Gasteiger partial charge in [-0.25, -0.2) is 4.98 Å². The van der Waals surface area contributed by atoms with E-state index in [-0.39, 0.29) is 30.5 Å². The number of hydrogen-bond acceptors (Lipinski definition) is 5. The first-order chi connectivity index (χ1) is 11.5. The maximum atomic E-state index is 11.9. The number of carbonyl (C=O) groups excluding carboxylic acids is 2. The van der Waals surface area contributed by atoms with Crippen molar-refractivity contribution >= 4 is 22.8 Å². The number of rotatable bonds is 7. The van der Waals surface area contributed by atoms with Gasteiger partial charge in [-0.05, 0) is 32.4 Å². The van der Waals surface area contributed by atoms with Gasteiger partial charge in [0, 0.05) is 18.9 Å². The Hall–Kier alpha value is -2.70. The summed E-state index contributed by atoms with van der Waals surface area (Å²) in [6.07, 6.45) is 1.09. The predicted molar refractivity (Wildman–Crippen MR) is 89.5 cm³/mol. The normalized spacial score (nSPS) is 10.8. The molecule has 0 unspecified atom stereocenters. The first kappa shape index (κ1) is 17.7. The number of benzene rings is 1. The van der Waals surface area contributed by atoms with Gasteiger partial charge in [-0.3, -0.25) is 14.4 Å². The molecule has 0 bridgehead atoms. The lowest BCUT2D eigenvalue weighted by Gasteiger charge is -2.08. The van der Waals surface area contributed by atoms with Gasteiger partial charge in [-0.2, -0.15) is 0 Å². The van der Waals surface area contributed by atoms with Crippen molar-refractivity contribution in [3.8, 4) is 0 Å². The lowest BCUT2D eigenvalue weighted by Crippen LogP contribution is -2.33. The Balaban J connectivity index is 1.81.